The standard InChI is InChI=1S/C11H14ClNO2/c1-3-7-4-8(12)5-9(10(14)6-13)11(7)15-2/h4-5H,3,6,13H2,1-2H3. The van der Waals surface area contributed by atoms with Crippen LogP contribution in [0.4, 0.5) is 0 Å². The highest BCUT2D eigenvalue weighted by molar-refractivity contribution is 6.31. The number of methoxy groups -OCH3 is 1. The number of ether oxygens (including phenoxy) is 1. The molecule has 0 heterocycles. The molecule has 1 aromatic carbocycles. The van der Waals surface area contributed by atoms with Crippen LogP contribution in [0.1, 0.15) is 22.8 Å². The van der Waals surface area contributed by atoms with Gasteiger partial charge in [-0.2, -0.15) is 0 Å². The van der Waals surface area contributed by atoms with Crippen molar-refractivity contribution in [3.05, 3.63) is 28.3 Å². The van der Waals surface area contributed by atoms with Gasteiger partial charge in [-0.15, -0.1) is 0 Å². The summed E-state index contributed by atoms with van der Waals surface area (Å²) in [6.07, 6.45) is 0.759. The summed E-state index contributed by atoms with van der Waals surface area (Å²) in [6.45, 7) is 1.94. The van der Waals surface area contributed by atoms with Gasteiger partial charge >= 0.3 is 0 Å². The van der Waals surface area contributed by atoms with Crippen molar-refractivity contribution in [1.82, 2.24) is 0 Å². The lowest BCUT2D eigenvalue weighted by Gasteiger charge is -2.12. The molecule has 3 nitrogen and oxygen atoms in total. The molecule has 15 heavy (non-hydrogen) atoms. The topological polar surface area (TPSA) is 52.3 Å². The molecular formula is C11H14ClNO2. The third-order valence-corrected chi connectivity index (χ3v) is 2.42. The van der Waals surface area contributed by atoms with Gasteiger partial charge in [0.15, 0.2) is 5.78 Å². The maximum atomic E-state index is 11.5. The first-order valence-corrected chi connectivity index (χ1v) is 5.11. The van der Waals surface area contributed by atoms with Crippen LogP contribution < -0.4 is 10.5 Å². The molecule has 0 bridgehead atoms. The van der Waals surface area contributed by atoms with Crippen LogP contribution in [0.15, 0.2) is 12.1 Å². The molecule has 2 N–H and O–H groups in total. The summed E-state index contributed by atoms with van der Waals surface area (Å²) in [4.78, 5) is 11.5. The van der Waals surface area contributed by atoms with Gasteiger partial charge in [0.25, 0.3) is 0 Å². The number of hydrogen-bond acceptors (Lipinski definition) is 3. The zero-order valence-corrected chi connectivity index (χ0v) is 9.60. The predicted octanol–water partition coefficient (Wildman–Crippen LogP) is 2.05. The Hall–Kier alpha value is -1.06. The van der Waals surface area contributed by atoms with E-state index in [0.29, 0.717) is 16.3 Å². The molecule has 0 atom stereocenters. The minimum Gasteiger partial charge on any atom is -0.496 e. The number of hydrogen-bond donors (Lipinski definition) is 1. The monoisotopic (exact) mass is 227 g/mol. The minimum absolute atomic E-state index is 0.0418. The number of nitrogens with two attached hydrogens (primary N) is 1. The van der Waals surface area contributed by atoms with E-state index in [1.165, 1.54) is 7.11 Å². The van der Waals surface area contributed by atoms with Gasteiger partial charge < -0.3 is 10.5 Å². The number of ketones is 1. The van der Waals surface area contributed by atoms with Gasteiger partial charge in [-0.25, -0.2) is 0 Å². The molecule has 0 radical (unpaired) electrons. The van der Waals surface area contributed by atoms with Gasteiger partial charge in [-0.05, 0) is 24.1 Å². The van der Waals surface area contributed by atoms with Crippen molar-refractivity contribution in [2.75, 3.05) is 13.7 Å². The van der Waals surface area contributed by atoms with E-state index in [2.05, 4.69) is 0 Å². The fourth-order valence-corrected chi connectivity index (χ4v) is 1.71. The Morgan fingerprint density at radius 2 is 2.20 bits per heavy atom. The summed E-state index contributed by atoms with van der Waals surface area (Å²) in [5.41, 5.74) is 6.70. The molecule has 0 saturated heterocycles. The second kappa shape index (κ2) is 5.14. The molecular weight excluding hydrogens is 214 g/mol. The Kier molecular flexibility index (Phi) is 4.12. The molecule has 0 fully saturated rings. The van der Waals surface area contributed by atoms with Crippen molar-refractivity contribution in [3.63, 3.8) is 0 Å². The van der Waals surface area contributed by atoms with Crippen LogP contribution in [-0.4, -0.2) is 19.4 Å². The van der Waals surface area contributed by atoms with E-state index in [4.69, 9.17) is 22.1 Å². The van der Waals surface area contributed by atoms with Crippen LogP contribution in [0.25, 0.3) is 0 Å². The van der Waals surface area contributed by atoms with E-state index in [1.54, 1.807) is 12.1 Å². The molecule has 82 valence electrons. The Morgan fingerprint density at radius 3 is 2.67 bits per heavy atom. The Balaban J connectivity index is 3.35. The van der Waals surface area contributed by atoms with Crippen LogP contribution in [0.2, 0.25) is 5.02 Å². The molecule has 1 aromatic rings. The third-order valence-electron chi connectivity index (χ3n) is 2.20. The van der Waals surface area contributed by atoms with Crippen molar-refractivity contribution < 1.29 is 9.53 Å². The van der Waals surface area contributed by atoms with Gasteiger partial charge in [-0.1, -0.05) is 18.5 Å². The maximum absolute atomic E-state index is 11.5. The van der Waals surface area contributed by atoms with E-state index in [9.17, 15) is 4.79 Å². The Labute approximate surface area is 94.2 Å². The fraction of sp³-hybridized carbons (Fsp3) is 0.364. The zero-order chi connectivity index (χ0) is 11.4. The molecule has 0 amide bonds. The van der Waals surface area contributed by atoms with Crippen molar-refractivity contribution in [2.24, 2.45) is 5.73 Å². The summed E-state index contributed by atoms with van der Waals surface area (Å²) in [5.74, 6) is 0.418. The highest BCUT2D eigenvalue weighted by Gasteiger charge is 2.15. The van der Waals surface area contributed by atoms with Gasteiger partial charge in [0, 0.05) is 5.02 Å². The molecule has 0 aliphatic heterocycles. The summed E-state index contributed by atoms with van der Waals surface area (Å²) < 4.78 is 5.21. The first kappa shape index (κ1) is 12.0. The largest absolute Gasteiger partial charge is 0.496 e. The molecule has 0 aromatic heterocycles. The van der Waals surface area contributed by atoms with Crippen LogP contribution in [0.3, 0.4) is 0 Å². The van der Waals surface area contributed by atoms with Crippen molar-refractivity contribution in [3.8, 4) is 5.75 Å². The van der Waals surface area contributed by atoms with Gasteiger partial charge in [-0.3, -0.25) is 4.79 Å². The second-order valence-electron chi connectivity index (χ2n) is 3.13. The van der Waals surface area contributed by atoms with E-state index >= 15 is 0 Å². The first-order chi connectivity index (χ1) is 7.13. The molecule has 0 unspecified atom stereocenters. The van der Waals surface area contributed by atoms with Gasteiger partial charge in [0.2, 0.25) is 0 Å². The fourth-order valence-electron chi connectivity index (χ4n) is 1.47. The molecule has 0 saturated carbocycles. The molecule has 0 spiro atoms. The molecule has 4 heteroatoms. The van der Waals surface area contributed by atoms with Crippen molar-refractivity contribution >= 4 is 17.4 Å². The van der Waals surface area contributed by atoms with Crippen LogP contribution in [0, 0.1) is 0 Å². The number of carbonyl (C=O) groups is 1. The highest BCUT2D eigenvalue weighted by Crippen LogP contribution is 2.28. The van der Waals surface area contributed by atoms with E-state index in [0.717, 1.165) is 12.0 Å². The van der Waals surface area contributed by atoms with E-state index < -0.39 is 0 Å². The number of Topliss-reactive ketones (excluding diaryl/α,β-unsaturated/α-hetero) is 1. The lowest BCUT2D eigenvalue weighted by Crippen LogP contribution is -2.15. The van der Waals surface area contributed by atoms with Crippen LogP contribution in [-0.2, 0) is 6.42 Å². The van der Waals surface area contributed by atoms with Gasteiger partial charge in [0.1, 0.15) is 5.75 Å². The lowest BCUT2D eigenvalue weighted by molar-refractivity contribution is 0.0998. The average molecular weight is 228 g/mol. The number of benzene rings is 1. The summed E-state index contributed by atoms with van der Waals surface area (Å²) in [6, 6.07) is 3.39. The molecule has 1 rings (SSSR count). The van der Waals surface area contributed by atoms with Gasteiger partial charge in [0.05, 0.1) is 19.2 Å². The summed E-state index contributed by atoms with van der Waals surface area (Å²) in [7, 11) is 1.54. The number of carbonyl (C=O) groups excluding carboxylic acids is 1. The van der Waals surface area contributed by atoms with E-state index in [-0.39, 0.29) is 12.3 Å². The van der Waals surface area contributed by atoms with Crippen molar-refractivity contribution in [2.45, 2.75) is 13.3 Å². The average Bonchev–Trinajstić information content (AvgIpc) is 2.26. The summed E-state index contributed by atoms with van der Waals surface area (Å²) in [5, 5.41) is 0.532. The van der Waals surface area contributed by atoms with Crippen LogP contribution >= 0.6 is 11.6 Å². The predicted molar refractivity (Wildman–Crippen MR) is 60.8 cm³/mol. The number of rotatable bonds is 4. The van der Waals surface area contributed by atoms with E-state index in [1.807, 2.05) is 6.92 Å². The maximum Gasteiger partial charge on any atom is 0.180 e. The van der Waals surface area contributed by atoms with Crippen LogP contribution in [0.5, 0.6) is 5.75 Å². The van der Waals surface area contributed by atoms with Crippen molar-refractivity contribution in [1.29, 1.82) is 0 Å². The quantitative estimate of drug-likeness (QED) is 0.801. The SMILES string of the molecule is CCc1cc(Cl)cc(C(=O)CN)c1OC. The number of aryl methyl sites for hydroxylation is 1. The highest BCUT2D eigenvalue weighted by atomic mass is 35.5. The Morgan fingerprint density at radius 1 is 1.53 bits per heavy atom. The normalized spacial score (nSPS) is 10.1. The minimum atomic E-state index is -0.163. The third kappa shape index (κ3) is 2.49. The molecule has 0 aliphatic carbocycles. The number of halogens is 1. The zero-order valence-electron chi connectivity index (χ0n) is 8.84. The first-order valence-electron chi connectivity index (χ1n) is 4.73. The lowest BCUT2D eigenvalue weighted by atomic mass is 10.0. The smallest absolute Gasteiger partial charge is 0.180 e. The Bertz CT molecular complexity index is 377. The second-order valence-corrected chi connectivity index (χ2v) is 3.56. The summed E-state index contributed by atoms with van der Waals surface area (Å²) >= 11 is 5.91. The molecule has 0 aliphatic rings.